The van der Waals surface area contributed by atoms with Crippen molar-refractivity contribution in [3.63, 3.8) is 0 Å². The molecule has 0 aliphatic carbocycles. The number of carbonyl (C=O) groups is 1. The number of hydrogen-bond donors (Lipinski definition) is 1. The molecular weight excluding hydrogens is 216 g/mol. The van der Waals surface area contributed by atoms with Gasteiger partial charge in [-0.25, -0.2) is 0 Å². The summed E-state index contributed by atoms with van der Waals surface area (Å²) in [6.45, 7) is 7.43. The third-order valence-electron chi connectivity index (χ3n) is 3.72. The first kappa shape index (κ1) is 12.8. The first-order valence-electron chi connectivity index (χ1n) is 6.81. The molecular formula is C13H24N2O2. The summed E-state index contributed by atoms with van der Waals surface area (Å²) in [4.78, 5) is 14.0. The molecule has 4 nitrogen and oxygen atoms in total. The molecule has 0 unspecified atom stereocenters. The Morgan fingerprint density at radius 2 is 2.35 bits per heavy atom. The van der Waals surface area contributed by atoms with Gasteiger partial charge in [-0.15, -0.1) is 0 Å². The van der Waals surface area contributed by atoms with Gasteiger partial charge in [0.05, 0.1) is 13.2 Å². The number of hydrogen-bond acceptors (Lipinski definition) is 3. The molecule has 2 saturated heterocycles. The normalized spacial score (nSPS) is 30.4. The molecule has 0 aromatic rings. The van der Waals surface area contributed by atoms with Crippen molar-refractivity contribution in [2.45, 2.75) is 26.2 Å². The van der Waals surface area contributed by atoms with E-state index in [2.05, 4.69) is 17.1 Å². The van der Waals surface area contributed by atoms with E-state index < -0.39 is 0 Å². The standard InChI is InChI=1S/C13H24N2O2/c1-11-4-5-15(8-11)9-13(16)14-7-12-3-2-6-17-10-12/h11-12H,2-10H2,1H3,(H,14,16)/t11-,12-/m1/s1. The number of carbonyl (C=O) groups excluding carboxylic acids is 1. The van der Waals surface area contributed by atoms with Crippen LogP contribution in [0.2, 0.25) is 0 Å². The van der Waals surface area contributed by atoms with Gasteiger partial charge in [-0.1, -0.05) is 6.92 Å². The van der Waals surface area contributed by atoms with Gasteiger partial charge in [0.15, 0.2) is 0 Å². The fourth-order valence-corrected chi connectivity index (χ4v) is 2.66. The molecule has 2 fully saturated rings. The molecule has 0 aromatic heterocycles. The van der Waals surface area contributed by atoms with E-state index in [4.69, 9.17) is 4.74 Å². The van der Waals surface area contributed by atoms with Crippen molar-refractivity contribution in [1.29, 1.82) is 0 Å². The zero-order valence-corrected chi connectivity index (χ0v) is 10.8. The zero-order valence-electron chi connectivity index (χ0n) is 10.8. The van der Waals surface area contributed by atoms with E-state index in [9.17, 15) is 4.79 Å². The molecule has 2 atom stereocenters. The predicted molar refractivity (Wildman–Crippen MR) is 66.8 cm³/mol. The minimum Gasteiger partial charge on any atom is -0.381 e. The van der Waals surface area contributed by atoms with Crippen LogP contribution in [0.4, 0.5) is 0 Å². The minimum atomic E-state index is 0.171. The highest BCUT2D eigenvalue weighted by molar-refractivity contribution is 5.78. The van der Waals surface area contributed by atoms with Gasteiger partial charge in [-0.2, -0.15) is 0 Å². The third-order valence-corrected chi connectivity index (χ3v) is 3.72. The van der Waals surface area contributed by atoms with Crippen molar-refractivity contribution in [2.24, 2.45) is 11.8 Å². The van der Waals surface area contributed by atoms with E-state index in [0.717, 1.165) is 45.2 Å². The van der Waals surface area contributed by atoms with E-state index in [0.29, 0.717) is 12.5 Å². The second-order valence-corrected chi connectivity index (χ2v) is 5.52. The van der Waals surface area contributed by atoms with Gasteiger partial charge < -0.3 is 10.1 Å². The summed E-state index contributed by atoms with van der Waals surface area (Å²) in [6.07, 6.45) is 3.54. The van der Waals surface area contributed by atoms with Crippen LogP contribution in [0.5, 0.6) is 0 Å². The Morgan fingerprint density at radius 1 is 1.47 bits per heavy atom. The van der Waals surface area contributed by atoms with E-state index in [1.165, 1.54) is 12.8 Å². The Balaban J connectivity index is 1.60. The van der Waals surface area contributed by atoms with Gasteiger partial charge in [0.2, 0.25) is 5.91 Å². The van der Waals surface area contributed by atoms with Gasteiger partial charge in [-0.3, -0.25) is 9.69 Å². The van der Waals surface area contributed by atoms with Crippen molar-refractivity contribution in [3.8, 4) is 0 Å². The zero-order chi connectivity index (χ0) is 12.1. The number of amides is 1. The molecule has 2 aliphatic heterocycles. The number of nitrogens with one attached hydrogen (secondary N) is 1. The lowest BCUT2D eigenvalue weighted by Gasteiger charge is -2.23. The maximum Gasteiger partial charge on any atom is 0.234 e. The van der Waals surface area contributed by atoms with Crippen LogP contribution in [0.25, 0.3) is 0 Å². The number of ether oxygens (including phenoxy) is 1. The van der Waals surface area contributed by atoms with E-state index in [-0.39, 0.29) is 5.91 Å². The fourth-order valence-electron chi connectivity index (χ4n) is 2.66. The summed E-state index contributed by atoms with van der Waals surface area (Å²) in [7, 11) is 0. The van der Waals surface area contributed by atoms with Crippen LogP contribution >= 0.6 is 0 Å². The third kappa shape index (κ3) is 4.28. The minimum absolute atomic E-state index is 0.171. The van der Waals surface area contributed by atoms with Crippen molar-refractivity contribution in [1.82, 2.24) is 10.2 Å². The molecule has 0 aromatic carbocycles. The van der Waals surface area contributed by atoms with Crippen LogP contribution in [0.1, 0.15) is 26.2 Å². The Kier molecular flexibility index (Phi) is 4.80. The smallest absolute Gasteiger partial charge is 0.234 e. The molecule has 98 valence electrons. The van der Waals surface area contributed by atoms with Crippen molar-refractivity contribution in [3.05, 3.63) is 0 Å². The molecule has 0 radical (unpaired) electrons. The van der Waals surface area contributed by atoms with Crippen LogP contribution in [0, 0.1) is 11.8 Å². The monoisotopic (exact) mass is 240 g/mol. The largest absolute Gasteiger partial charge is 0.381 e. The Bertz CT molecular complexity index is 252. The van der Waals surface area contributed by atoms with Crippen LogP contribution < -0.4 is 5.32 Å². The molecule has 1 N–H and O–H groups in total. The summed E-state index contributed by atoms with van der Waals surface area (Å²) in [5.41, 5.74) is 0. The quantitative estimate of drug-likeness (QED) is 0.793. The topological polar surface area (TPSA) is 41.6 Å². The van der Waals surface area contributed by atoms with Crippen LogP contribution in [-0.2, 0) is 9.53 Å². The molecule has 0 bridgehead atoms. The van der Waals surface area contributed by atoms with E-state index in [1.807, 2.05) is 0 Å². The number of nitrogens with zero attached hydrogens (tertiary/aromatic N) is 1. The molecule has 0 saturated carbocycles. The van der Waals surface area contributed by atoms with Crippen molar-refractivity contribution in [2.75, 3.05) is 39.4 Å². The molecule has 2 rings (SSSR count). The van der Waals surface area contributed by atoms with Gasteiger partial charge in [0.1, 0.15) is 0 Å². The van der Waals surface area contributed by atoms with Gasteiger partial charge >= 0.3 is 0 Å². The molecule has 2 aliphatic rings. The average molecular weight is 240 g/mol. The highest BCUT2D eigenvalue weighted by Gasteiger charge is 2.21. The first-order valence-corrected chi connectivity index (χ1v) is 6.81. The molecule has 4 heteroatoms. The second-order valence-electron chi connectivity index (χ2n) is 5.52. The lowest BCUT2D eigenvalue weighted by atomic mass is 10.0. The summed E-state index contributed by atoms with van der Waals surface area (Å²) in [5.74, 6) is 1.43. The lowest BCUT2D eigenvalue weighted by molar-refractivity contribution is -0.122. The van der Waals surface area contributed by atoms with Crippen LogP contribution in [-0.4, -0.2) is 50.2 Å². The Hall–Kier alpha value is -0.610. The summed E-state index contributed by atoms with van der Waals surface area (Å²) >= 11 is 0. The number of rotatable bonds is 4. The molecule has 0 spiro atoms. The summed E-state index contributed by atoms with van der Waals surface area (Å²) in [5, 5.41) is 3.03. The van der Waals surface area contributed by atoms with Gasteiger partial charge in [-0.05, 0) is 37.6 Å². The molecule has 1 amide bonds. The Morgan fingerprint density at radius 3 is 3.00 bits per heavy atom. The fraction of sp³-hybridized carbons (Fsp3) is 0.923. The maximum absolute atomic E-state index is 11.8. The van der Waals surface area contributed by atoms with Crippen LogP contribution in [0.15, 0.2) is 0 Å². The second kappa shape index (κ2) is 6.36. The van der Waals surface area contributed by atoms with Crippen LogP contribution in [0.3, 0.4) is 0 Å². The SMILES string of the molecule is C[C@@H]1CCN(CC(=O)NC[C@H]2CCCOC2)C1. The molecule has 17 heavy (non-hydrogen) atoms. The van der Waals surface area contributed by atoms with Crippen molar-refractivity contribution >= 4 is 5.91 Å². The Labute approximate surface area is 104 Å². The van der Waals surface area contributed by atoms with E-state index in [1.54, 1.807) is 0 Å². The highest BCUT2D eigenvalue weighted by Crippen LogP contribution is 2.14. The highest BCUT2D eigenvalue weighted by atomic mass is 16.5. The number of likely N-dealkylation sites (tertiary alicyclic amines) is 1. The average Bonchev–Trinajstić information content (AvgIpc) is 2.73. The summed E-state index contributed by atoms with van der Waals surface area (Å²) < 4.78 is 5.40. The maximum atomic E-state index is 11.8. The van der Waals surface area contributed by atoms with Crippen molar-refractivity contribution < 1.29 is 9.53 Å². The summed E-state index contributed by atoms with van der Waals surface area (Å²) in [6, 6.07) is 0. The first-order chi connectivity index (χ1) is 8.24. The van der Waals surface area contributed by atoms with Gasteiger partial charge in [0, 0.05) is 19.7 Å². The van der Waals surface area contributed by atoms with E-state index >= 15 is 0 Å². The molecule has 2 heterocycles. The lowest BCUT2D eigenvalue weighted by Crippen LogP contribution is -2.39. The van der Waals surface area contributed by atoms with Gasteiger partial charge in [0.25, 0.3) is 0 Å². The predicted octanol–water partition coefficient (Wildman–Crippen LogP) is 0.871.